The van der Waals surface area contributed by atoms with Crippen molar-refractivity contribution in [2.45, 2.75) is 10.3 Å². The highest BCUT2D eigenvalue weighted by Crippen LogP contribution is 2.39. The third-order valence-corrected chi connectivity index (χ3v) is 3.62. The van der Waals surface area contributed by atoms with E-state index in [-0.39, 0.29) is 0 Å². The second-order valence-corrected chi connectivity index (χ2v) is 4.50. The Labute approximate surface area is 115 Å². The summed E-state index contributed by atoms with van der Waals surface area (Å²) in [4.78, 5) is 21.3. The van der Waals surface area contributed by atoms with Gasteiger partial charge in [-0.1, -0.05) is 41.9 Å². The van der Waals surface area contributed by atoms with Gasteiger partial charge in [-0.15, -0.1) is 11.6 Å². The predicted octanol–water partition coefficient (Wildman–Crippen LogP) is 2.29. The number of ether oxygens (including phenoxy) is 2. The zero-order valence-corrected chi connectivity index (χ0v) is 11.4. The molecule has 0 bridgehead atoms. The molecule has 0 amide bonds. The maximum absolute atomic E-state index is 11.7. The molecule has 6 heteroatoms. The molecule has 0 aliphatic carbocycles. The van der Waals surface area contributed by atoms with Crippen LogP contribution in [0, 0.1) is 0 Å². The molecular formula is C12H12Cl2O4. The molecule has 0 N–H and O–H groups in total. The van der Waals surface area contributed by atoms with E-state index in [0.717, 1.165) is 14.2 Å². The molecule has 4 nitrogen and oxygen atoms in total. The largest absolute Gasteiger partial charge is 0.467 e. The standard InChI is InChI=1S/C12H12Cl2O4/c1-17-10(15)12(14,11(16)18-2)9(13)8-6-4-3-5-7-8/h3-7,9H,1-2H3. The lowest BCUT2D eigenvalue weighted by atomic mass is 9.98. The second kappa shape index (κ2) is 6.07. The Balaban J connectivity index is 3.20. The first kappa shape index (κ1) is 14.8. The molecule has 1 atom stereocenters. The van der Waals surface area contributed by atoms with Gasteiger partial charge in [-0.25, -0.2) is 9.59 Å². The van der Waals surface area contributed by atoms with Crippen LogP contribution in [-0.4, -0.2) is 31.0 Å². The minimum Gasteiger partial charge on any atom is -0.467 e. The van der Waals surface area contributed by atoms with Gasteiger partial charge in [0.2, 0.25) is 0 Å². The number of carbonyl (C=O) groups excluding carboxylic acids is 2. The summed E-state index contributed by atoms with van der Waals surface area (Å²) in [5.74, 6) is -1.92. The lowest BCUT2D eigenvalue weighted by Crippen LogP contribution is -2.46. The van der Waals surface area contributed by atoms with Crippen LogP contribution in [0.1, 0.15) is 10.9 Å². The molecule has 1 rings (SSSR count). The van der Waals surface area contributed by atoms with Crippen LogP contribution >= 0.6 is 23.2 Å². The first-order valence-electron chi connectivity index (χ1n) is 5.03. The summed E-state index contributed by atoms with van der Waals surface area (Å²) in [6, 6.07) is 8.52. The topological polar surface area (TPSA) is 52.6 Å². The quantitative estimate of drug-likeness (QED) is 0.485. The van der Waals surface area contributed by atoms with E-state index < -0.39 is 22.2 Å². The van der Waals surface area contributed by atoms with Crippen molar-refractivity contribution in [3.8, 4) is 0 Å². The summed E-state index contributed by atoms with van der Waals surface area (Å²) in [5, 5.41) is -1.10. The summed E-state index contributed by atoms with van der Waals surface area (Å²) in [6.07, 6.45) is 0. The SMILES string of the molecule is COC(=O)C(Cl)(C(=O)OC)C(Cl)c1ccccc1. The normalized spacial score (nSPS) is 12.7. The van der Waals surface area contributed by atoms with Gasteiger partial charge in [0.15, 0.2) is 0 Å². The summed E-state index contributed by atoms with van der Waals surface area (Å²) in [6.45, 7) is 0. The Hall–Kier alpha value is -1.26. The highest BCUT2D eigenvalue weighted by Gasteiger charge is 2.53. The van der Waals surface area contributed by atoms with Gasteiger partial charge in [0, 0.05) is 0 Å². The van der Waals surface area contributed by atoms with Crippen LogP contribution in [0.3, 0.4) is 0 Å². The van der Waals surface area contributed by atoms with E-state index in [4.69, 9.17) is 23.2 Å². The number of halogens is 2. The molecule has 0 aliphatic heterocycles. The third-order valence-electron chi connectivity index (χ3n) is 2.41. The number of alkyl halides is 2. The number of hydrogen-bond donors (Lipinski definition) is 0. The molecule has 0 spiro atoms. The van der Waals surface area contributed by atoms with Crippen LogP contribution in [0.25, 0.3) is 0 Å². The van der Waals surface area contributed by atoms with Crippen LogP contribution in [-0.2, 0) is 19.1 Å². The summed E-state index contributed by atoms with van der Waals surface area (Å²) >= 11 is 12.2. The number of esters is 2. The smallest absolute Gasteiger partial charge is 0.340 e. The molecule has 0 radical (unpaired) electrons. The number of methoxy groups -OCH3 is 2. The van der Waals surface area contributed by atoms with Crippen molar-refractivity contribution in [2.24, 2.45) is 0 Å². The Morgan fingerprint density at radius 1 is 1.11 bits per heavy atom. The van der Waals surface area contributed by atoms with Gasteiger partial charge >= 0.3 is 11.9 Å². The van der Waals surface area contributed by atoms with E-state index in [2.05, 4.69) is 9.47 Å². The fourth-order valence-electron chi connectivity index (χ4n) is 1.44. The predicted molar refractivity (Wildman–Crippen MR) is 67.7 cm³/mol. The third kappa shape index (κ3) is 2.60. The molecule has 0 aliphatic rings. The van der Waals surface area contributed by atoms with E-state index in [1.54, 1.807) is 30.3 Å². The van der Waals surface area contributed by atoms with E-state index in [1.165, 1.54) is 0 Å². The molecule has 0 aromatic heterocycles. The number of rotatable bonds is 4. The zero-order chi connectivity index (χ0) is 13.8. The molecule has 0 saturated heterocycles. The summed E-state index contributed by atoms with van der Waals surface area (Å²) < 4.78 is 9.05. The maximum Gasteiger partial charge on any atom is 0.340 e. The Bertz CT molecular complexity index is 417. The minimum absolute atomic E-state index is 0.518. The second-order valence-electron chi connectivity index (χ2n) is 3.47. The van der Waals surface area contributed by atoms with Gasteiger partial charge in [-0.3, -0.25) is 0 Å². The molecule has 0 saturated carbocycles. The van der Waals surface area contributed by atoms with Crippen LogP contribution < -0.4 is 0 Å². The molecule has 18 heavy (non-hydrogen) atoms. The Kier molecular flexibility index (Phi) is 4.99. The van der Waals surface area contributed by atoms with E-state index in [9.17, 15) is 9.59 Å². The lowest BCUT2D eigenvalue weighted by Gasteiger charge is -2.26. The van der Waals surface area contributed by atoms with Gasteiger partial charge in [0.1, 0.15) is 0 Å². The average Bonchev–Trinajstić information content (AvgIpc) is 2.44. The van der Waals surface area contributed by atoms with Crippen molar-refractivity contribution < 1.29 is 19.1 Å². The summed E-state index contributed by atoms with van der Waals surface area (Å²) in [5.41, 5.74) is 0.518. The lowest BCUT2D eigenvalue weighted by molar-refractivity contribution is -0.156. The van der Waals surface area contributed by atoms with Crippen molar-refractivity contribution in [3.05, 3.63) is 35.9 Å². The Morgan fingerprint density at radius 2 is 1.56 bits per heavy atom. The zero-order valence-electron chi connectivity index (χ0n) is 9.85. The van der Waals surface area contributed by atoms with E-state index >= 15 is 0 Å². The fourth-order valence-corrected chi connectivity index (χ4v) is 2.04. The molecule has 0 fully saturated rings. The Morgan fingerprint density at radius 3 is 1.94 bits per heavy atom. The van der Waals surface area contributed by atoms with Crippen molar-refractivity contribution >= 4 is 35.1 Å². The van der Waals surface area contributed by atoms with Gasteiger partial charge in [0.05, 0.1) is 19.6 Å². The highest BCUT2D eigenvalue weighted by molar-refractivity contribution is 6.49. The number of hydrogen-bond acceptors (Lipinski definition) is 4. The van der Waals surface area contributed by atoms with Crippen LogP contribution in [0.2, 0.25) is 0 Å². The van der Waals surface area contributed by atoms with Gasteiger partial charge in [-0.05, 0) is 5.56 Å². The van der Waals surface area contributed by atoms with Crippen LogP contribution in [0.5, 0.6) is 0 Å². The van der Waals surface area contributed by atoms with E-state index in [1.807, 2.05) is 0 Å². The highest BCUT2D eigenvalue weighted by atomic mass is 35.5. The van der Waals surface area contributed by atoms with E-state index in [0.29, 0.717) is 5.56 Å². The van der Waals surface area contributed by atoms with Crippen LogP contribution in [0.15, 0.2) is 30.3 Å². The van der Waals surface area contributed by atoms with Crippen molar-refractivity contribution in [2.75, 3.05) is 14.2 Å². The van der Waals surface area contributed by atoms with Gasteiger partial charge in [-0.2, -0.15) is 0 Å². The van der Waals surface area contributed by atoms with Crippen molar-refractivity contribution in [3.63, 3.8) is 0 Å². The molecule has 1 aromatic carbocycles. The van der Waals surface area contributed by atoms with Gasteiger partial charge in [0.25, 0.3) is 4.87 Å². The molecule has 98 valence electrons. The van der Waals surface area contributed by atoms with Gasteiger partial charge < -0.3 is 9.47 Å². The number of benzene rings is 1. The molecule has 0 heterocycles. The first-order chi connectivity index (χ1) is 8.48. The van der Waals surface area contributed by atoms with Crippen molar-refractivity contribution in [1.82, 2.24) is 0 Å². The molecule has 1 aromatic rings. The first-order valence-corrected chi connectivity index (χ1v) is 5.84. The van der Waals surface area contributed by atoms with Crippen molar-refractivity contribution in [1.29, 1.82) is 0 Å². The number of carbonyl (C=O) groups is 2. The summed E-state index contributed by atoms with van der Waals surface area (Å²) in [7, 11) is 2.24. The monoisotopic (exact) mass is 290 g/mol. The molecule has 1 unspecified atom stereocenters. The van der Waals surface area contributed by atoms with Crippen LogP contribution in [0.4, 0.5) is 0 Å². The average molecular weight is 291 g/mol. The minimum atomic E-state index is -2.10. The maximum atomic E-state index is 11.7. The fraction of sp³-hybridized carbons (Fsp3) is 0.333. The molecular weight excluding hydrogens is 279 g/mol.